The summed E-state index contributed by atoms with van der Waals surface area (Å²) in [5.74, 6) is -0.330. The molecule has 112 valence electrons. The summed E-state index contributed by atoms with van der Waals surface area (Å²) in [4.78, 5) is 16.8. The summed E-state index contributed by atoms with van der Waals surface area (Å²) < 4.78 is 9.97. The average molecular weight is 281 g/mol. The number of carbonyl (C=O) groups is 1. The lowest BCUT2D eigenvalue weighted by molar-refractivity contribution is 0.0374. The zero-order chi connectivity index (χ0) is 14.2. The lowest BCUT2D eigenvalue weighted by atomic mass is 10.3. The molecule has 1 aliphatic heterocycles. The molecule has 0 atom stereocenters. The highest BCUT2D eigenvalue weighted by atomic mass is 16.5. The minimum atomic E-state index is -0.330. The van der Waals surface area contributed by atoms with Crippen LogP contribution in [0.4, 0.5) is 0 Å². The first-order valence-corrected chi connectivity index (χ1v) is 7.06. The minimum absolute atomic E-state index is 0.330. The summed E-state index contributed by atoms with van der Waals surface area (Å²) >= 11 is 0. The molecule has 1 aliphatic rings. The molecule has 0 bridgehead atoms. The monoisotopic (exact) mass is 281 g/mol. The number of nitrogens with zero attached hydrogens (tertiary/aromatic N) is 1. The summed E-state index contributed by atoms with van der Waals surface area (Å²) in [5, 5.41) is 3.37. The molecule has 0 spiro atoms. The van der Waals surface area contributed by atoms with Crippen molar-refractivity contribution in [1.29, 1.82) is 0 Å². The Labute approximate surface area is 119 Å². The SMILES string of the molecule is COC(=O)c1ccc(CNCCCN2CCOCC2)[nH]1. The van der Waals surface area contributed by atoms with Crippen LogP contribution in [0.15, 0.2) is 12.1 Å². The Hall–Kier alpha value is -1.37. The Morgan fingerprint density at radius 2 is 2.25 bits per heavy atom. The van der Waals surface area contributed by atoms with Crippen molar-refractivity contribution in [3.8, 4) is 0 Å². The molecular formula is C14H23N3O3. The van der Waals surface area contributed by atoms with Gasteiger partial charge in [0.15, 0.2) is 0 Å². The number of esters is 1. The molecule has 1 saturated heterocycles. The Balaban J connectivity index is 1.58. The van der Waals surface area contributed by atoms with Crippen molar-refractivity contribution >= 4 is 5.97 Å². The van der Waals surface area contributed by atoms with E-state index < -0.39 is 0 Å². The third-order valence-corrected chi connectivity index (χ3v) is 3.40. The maximum Gasteiger partial charge on any atom is 0.354 e. The van der Waals surface area contributed by atoms with Crippen molar-refractivity contribution in [3.05, 3.63) is 23.5 Å². The van der Waals surface area contributed by atoms with Gasteiger partial charge in [0, 0.05) is 25.3 Å². The average Bonchev–Trinajstić information content (AvgIpc) is 2.96. The molecule has 0 aromatic carbocycles. The van der Waals surface area contributed by atoms with Crippen LogP contribution >= 0.6 is 0 Å². The number of H-pyrrole nitrogens is 1. The van der Waals surface area contributed by atoms with E-state index >= 15 is 0 Å². The highest BCUT2D eigenvalue weighted by Crippen LogP contribution is 2.03. The number of nitrogens with one attached hydrogen (secondary N) is 2. The fourth-order valence-electron chi connectivity index (χ4n) is 2.25. The van der Waals surface area contributed by atoms with Gasteiger partial charge in [0.1, 0.15) is 5.69 Å². The molecule has 1 aromatic rings. The highest BCUT2D eigenvalue weighted by Gasteiger charge is 2.09. The summed E-state index contributed by atoms with van der Waals surface area (Å²) in [7, 11) is 1.38. The smallest absolute Gasteiger partial charge is 0.354 e. The van der Waals surface area contributed by atoms with Crippen LogP contribution in [0.1, 0.15) is 22.6 Å². The van der Waals surface area contributed by atoms with E-state index in [0.29, 0.717) is 5.69 Å². The molecule has 2 heterocycles. The van der Waals surface area contributed by atoms with Crippen LogP contribution in [0.2, 0.25) is 0 Å². The van der Waals surface area contributed by atoms with Crippen LogP contribution in [0.3, 0.4) is 0 Å². The van der Waals surface area contributed by atoms with Crippen LogP contribution in [0, 0.1) is 0 Å². The van der Waals surface area contributed by atoms with Crippen LogP contribution in [0.25, 0.3) is 0 Å². The second kappa shape index (κ2) is 8.04. The van der Waals surface area contributed by atoms with Crippen molar-refractivity contribution in [3.63, 3.8) is 0 Å². The number of methoxy groups -OCH3 is 1. The molecule has 0 radical (unpaired) electrons. The zero-order valence-electron chi connectivity index (χ0n) is 12.0. The molecule has 0 unspecified atom stereocenters. The maximum absolute atomic E-state index is 11.3. The van der Waals surface area contributed by atoms with E-state index in [1.54, 1.807) is 6.07 Å². The van der Waals surface area contributed by atoms with E-state index in [1.165, 1.54) is 7.11 Å². The maximum atomic E-state index is 11.3. The van der Waals surface area contributed by atoms with E-state index in [1.807, 2.05) is 6.07 Å². The molecule has 6 nitrogen and oxygen atoms in total. The number of carbonyl (C=O) groups excluding carboxylic acids is 1. The van der Waals surface area contributed by atoms with Crippen molar-refractivity contribution in [2.45, 2.75) is 13.0 Å². The Bertz CT molecular complexity index is 414. The van der Waals surface area contributed by atoms with Gasteiger partial charge < -0.3 is 19.8 Å². The molecule has 1 fully saturated rings. The first-order valence-electron chi connectivity index (χ1n) is 7.06. The highest BCUT2D eigenvalue weighted by molar-refractivity contribution is 5.87. The van der Waals surface area contributed by atoms with Gasteiger partial charge in [-0.1, -0.05) is 0 Å². The van der Waals surface area contributed by atoms with Crippen molar-refractivity contribution in [1.82, 2.24) is 15.2 Å². The molecule has 2 N–H and O–H groups in total. The van der Waals surface area contributed by atoms with E-state index in [4.69, 9.17) is 4.74 Å². The van der Waals surface area contributed by atoms with Gasteiger partial charge in [-0.2, -0.15) is 0 Å². The van der Waals surface area contributed by atoms with Gasteiger partial charge in [0.2, 0.25) is 0 Å². The molecule has 0 saturated carbocycles. The fourth-order valence-corrected chi connectivity index (χ4v) is 2.25. The van der Waals surface area contributed by atoms with Gasteiger partial charge in [-0.15, -0.1) is 0 Å². The predicted octanol–water partition coefficient (Wildman–Crippen LogP) is 0.613. The Morgan fingerprint density at radius 3 is 3.00 bits per heavy atom. The van der Waals surface area contributed by atoms with Gasteiger partial charge >= 0.3 is 5.97 Å². The van der Waals surface area contributed by atoms with Crippen molar-refractivity contribution < 1.29 is 14.3 Å². The topological polar surface area (TPSA) is 66.6 Å². The second-order valence-corrected chi connectivity index (χ2v) is 4.87. The summed E-state index contributed by atoms with van der Waals surface area (Å²) in [5.41, 5.74) is 1.49. The molecule has 20 heavy (non-hydrogen) atoms. The number of hydrogen-bond acceptors (Lipinski definition) is 5. The van der Waals surface area contributed by atoms with Gasteiger partial charge in [0.05, 0.1) is 20.3 Å². The summed E-state index contributed by atoms with van der Waals surface area (Å²) in [6.07, 6.45) is 1.12. The van der Waals surface area contributed by atoms with Gasteiger partial charge in [-0.05, 0) is 31.6 Å². The minimum Gasteiger partial charge on any atom is -0.464 e. The number of rotatable bonds is 7. The standard InChI is InChI=1S/C14H23N3O3/c1-19-14(18)13-4-3-12(16-13)11-15-5-2-6-17-7-9-20-10-8-17/h3-4,15-16H,2,5-11H2,1H3. The number of morpholine rings is 1. The quantitative estimate of drug-likeness (QED) is 0.566. The first-order chi connectivity index (χ1) is 9.79. The van der Waals surface area contributed by atoms with E-state index in [9.17, 15) is 4.79 Å². The fraction of sp³-hybridized carbons (Fsp3) is 0.643. The third kappa shape index (κ3) is 4.63. The number of aromatic nitrogens is 1. The normalized spacial score (nSPS) is 16.2. The lowest BCUT2D eigenvalue weighted by Gasteiger charge is -2.26. The molecule has 0 aliphatic carbocycles. The molecule has 0 amide bonds. The van der Waals surface area contributed by atoms with E-state index in [-0.39, 0.29) is 5.97 Å². The first kappa shape index (κ1) is 15.0. The van der Waals surface area contributed by atoms with Crippen LogP contribution < -0.4 is 5.32 Å². The van der Waals surface area contributed by atoms with E-state index in [0.717, 1.165) is 58.1 Å². The molecule has 1 aromatic heterocycles. The van der Waals surface area contributed by atoms with Crippen molar-refractivity contribution in [2.75, 3.05) is 46.5 Å². The molecule has 6 heteroatoms. The Kier molecular flexibility index (Phi) is 6.04. The van der Waals surface area contributed by atoms with E-state index in [2.05, 4.69) is 19.9 Å². The van der Waals surface area contributed by atoms with Gasteiger partial charge in [-0.25, -0.2) is 4.79 Å². The van der Waals surface area contributed by atoms with Crippen LogP contribution in [0.5, 0.6) is 0 Å². The van der Waals surface area contributed by atoms with Crippen molar-refractivity contribution in [2.24, 2.45) is 0 Å². The number of aromatic amines is 1. The molecule has 2 rings (SSSR count). The van der Waals surface area contributed by atoms with Gasteiger partial charge in [0.25, 0.3) is 0 Å². The second-order valence-electron chi connectivity index (χ2n) is 4.87. The Morgan fingerprint density at radius 1 is 1.45 bits per heavy atom. The predicted molar refractivity (Wildman–Crippen MR) is 75.7 cm³/mol. The zero-order valence-corrected chi connectivity index (χ0v) is 12.0. The number of ether oxygens (including phenoxy) is 2. The largest absolute Gasteiger partial charge is 0.464 e. The summed E-state index contributed by atoms with van der Waals surface area (Å²) in [6.45, 7) is 6.59. The lowest BCUT2D eigenvalue weighted by Crippen LogP contribution is -2.37. The molecular weight excluding hydrogens is 258 g/mol. The van der Waals surface area contributed by atoms with Gasteiger partial charge in [-0.3, -0.25) is 4.90 Å². The van der Waals surface area contributed by atoms with Crippen LogP contribution in [-0.4, -0.2) is 62.4 Å². The number of hydrogen-bond donors (Lipinski definition) is 2. The third-order valence-electron chi connectivity index (χ3n) is 3.40. The summed E-state index contributed by atoms with van der Waals surface area (Å²) in [6, 6.07) is 3.65. The van der Waals surface area contributed by atoms with Crippen LogP contribution in [-0.2, 0) is 16.0 Å².